The van der Waals surface area contributed by atoms with Crippen LogP contribution in [0, 0.1) is 0 Å². The third-order valence-electron chi connectivity index (χ3n) is 5.73. The number of ketones is 1. The van der Waals surface area contributed by atoms with Crippen LogP contribution >= 0.6 is 12.4 Å². The van der Waals surface area contributed by atoms with Gasteiger partial charge in [-0.25, -0.2) is 0 Å². The quantitative estimate of drug-likeness (QED) is 0.491. The number of aromatic nitrogens is 2. The average molecular weight is 429 g/mol. The molecule has 8 heteroatoms. The third-order valence-corrected chi connectivity index (χ3v) is 5.73. The second-order valence-electron chi connectivity index (χ2n) is 7.43. The monoisotopic (exact) mass is 428 g/mol. The molecule has 3 aromatic rings. The van der Waals surface area contributed by atoms with Crippen molar-refractivity contribution in [2.75, 3.05) is 51.3 Å². The van der Waals surface area contributed by atoms with Gasteiger partial charge in [0.2, 0.25) is 0 Å². The van der Waals surface area contributed by atoms with E-state index in [0.717, 1.165) is 67.2 Å². The van der Waals surface area contributed by atoms with Gasteiger partial charge in [0, 0.05) is 48.4 Å². The van der Waals surface area contributed by atoms with Gasteiger partial charge in [0.15, 0.2) is 5.78 Å². The first-order valence-electron chi connectivity index (χ1n) is 10.1. The molecule has 158 valence electrons. The smallest absolute Gasteiger partial charge is 0.196 e. The molecule has 5 rings (SSSR count). The maximum atomic E-state index is 13.4. The Kier molecular flexibility index (Phi) is 6.06. The summed E-state index contributed by atoms with van der Waals surface area (Å²) in [5, 5.41) is 18.5. The maximum Gasteiger partial charge on any atom is 0.196 e. The summed E-state index contributed by atoms with van der Waals surface area (Å²) in [7, 11) is 0. The van der Waals surface area contributed by atoms with Gasteiger partial charge in [-0.15, -0.1) is 12.4 Å². The van der Waals surface area contributed by atoms with Gasteiger partial charge in [0.1, 0.15) is 5.69 Å². The number of fused-ring (bicyclic) bond motifs is 2. The number of morpholine rings is 1. The molecule has 0 spiro atoms. The van der Waals surface area contributed by atoms with Crippen LogP contribution in [0.25, 0.3) is 22.2 Å². The van der Waals surface area contributed by atoms with E-state index in [1.165, 1.54) is 0 Å². The van der Waals surface area contributed by atoms with Gasteiger partial charge in [-0.2, -0.15) is 5.10 Å². The minimum Gasteiger partial charge on any atom is -0.394 e. The second-order valence-corrected chi connectivity index (χ2v) is 7.43. The first-order valence-corrected chi connectivity index (χ1v) is 10.1. The molecule has 1 aromatic heterocycles. The van der Waals surface area contributed by atoms with Crippen LogP contribution in [0.1, 0.15) is 15.9 Å². The Hall–Kier alpha value is -2.45. The Bertz CT molecular complexity index is 1080. The summed E-state index contributed by atoms with van der Waals surface area (Å²) in [6.45, 7) is 5.50. The predicted molar refractivity (Wildman–Crippen MR) is 119 cm³/mol. The van der Waals surface area contributed by atoms with Crippen LogP contribution < -0.4 is 5.32 Å². The molecule has 1 aliphatic heterocycles. The highest BCUT2D eigenvalue weighted by atomic mass is 35.5. The molecule has 0 atom stereocenters. The molecule has 1 fully saturated rings. The number of aliphatic hydroxyl groups excluding tert-OH is 1. The Balaban J connectivity index is 0.00000218. The molecule has 2 aromatic carbocycles. The molecule has 0 bridgehead atoms. The van der Waals surface area contributed by atoms with Crippen molar-refractivity contribution in [3.05, 3.63) is 47.5 Å². The standard InChI is InChI=1S/C22H24N4O3.ClH/c27-12-9-26-18-6-5-17(23-7-8-25-10-13-29-14-11-25)19-20(18)21(24-26)15-3-1-2-4-16(15)22(19)28;/h1-6,23,27H,7-14H2;1H. The number of carbonyl (C=O) groups is 1. The molecule has 0 unspecified atom stereocenters. The Morgan fingerprint density at radius 3 is 2.60 bits per heavy atom. The van der Waals surface area contributed by atoms with Crippen molar-refractivity contribution >= 4 is 34.8 Å². The van der Waals surface area contributed by atoms with E-state index in [-0.39, 0.29) is 24.8 Å². The van der Waals surface area contributed by atoms with E-state index in [2.05, 4.69) is 10.2 Å². The molecule has 1 saturated heterocycles. The Morgan fingerprint density at radius 1 is 1.07 bits per heavy atom. The number of rotatable bonds is 6. The zero-order valence-corrected chi connectivity index (χ0v) is 17.5. The molecule has 7 nitrogen and oxygen atoms in total. The molecule has 0 saturated carbocycles. The van der Waals surface area contributed by atoms with Crippen LogP contribution in [0.5, 0.6) is 0 Å². The van der Waals surface area contributed by atoms with E-state index >= 15 is 0 Å². The van der Waals surface area contributed by atoms with Crippen LogP contribution in [0.2, 0.25) is 0 Å². The highest BCUT2D eigenvalue weighted by Crippen LogP contribution is 2.41. The molecule has 0 radical (unpaired) electrons. The Labute approximate surface area is 181 Å². The van der Waals surface area contributed by atoms with Gasteiger partial charge in [0.05, 0.1) is 37.4 Å². The first-order chi connectivity index (χ1) is 14.3. The molecule has 0 amide bonds. The maximum absolute atomic E-state index is 13.4. The van der Waals surface area contributed by atoms with Crippen molar-refractivity contribution in [3.8, 4) is 11.3 Å². The summed E-state index contributed by atoms with van der Waals surface area (Å²) < 4.78 is 7.20. The summed E-state index contributed by atoms with van der Waals surface area (Å²) in [5.74, 6) is 0.0242. The van der Waals surface area contributed by atoms with Crippen molar-refractivity contribution in [3.63, 3.8) is 0 Å². The third kappa shape index (κ3) is 3.48. The molecular weight excluding hydrogens is 404 g/mol. The van der Waals surface area contributed by atoms with Crippen molar-refractivity contribution < 1.29 is 14.6 Å². The fourth-order valence-electron chi connectivity index (χ4n) is 4.30. The Morgan fingerprint density at radius 2 is 1.83 bits per heavy atom. The van der Waals surface area contributed by atoms with Crippen LogP contribution in [-0.4, -0.2) is 71.6 Å². The summed E-state index contributed by atoms with van der Waals surface area (Å²) in [6, 6.07) is 11.6. The highest BCUT2D eigenvalue weighted by Gasteiger charge is 2.30. The summed E-state index contributed by atoms with van der Waals surface area (Å²) in [4.78, 5) is 15.8. The van der Waals surface area contributed by atoms with Crippen molar-refractivity contribution in [2.45, 2.75) is 6.54 Å². The van der Waals surface area contributed by atoms with Crippen LogP contribution in [0.3, 0.4) is 0 Å². The first kappa shape index (κ1) is 20.8. The fraction of sp³-hybridized carbons (Fsp3) is 0.364. The second kappa shape index (κ2) is 8.73. The number of ether oxygens (including phenoxy) is 1. The lowest BCUT2D eigenvalue weighted by atomic mass is 9.86. The zero-order valence-electron chi connectivity index (χ0n) is 16.6. The van der Waals surface area contributed by atoms with E-state index in [4.69, 9.17) is 9.84 Å². The topological polar surface area (TPSA) is 79.6 Å². The number of aliphatic hydroxyl groups is 1. The lowest BCUT2D eigenvalue weighted by Crippen LogP contribution is -2.39. The predicted octanol–water partition coefficient (Wildman–Crippen LogP) is 2.41. The SMILES string of the molecule is Cl.O=C1c2ccccc2-c2nn(CCO)c3ccc(NCCN4CCOCC4)c1c23. The molecule has 30 heavy (non-hydrogen) atoms. The number of nitrogens with zero attached hydrogens (tertiary/aromatic N) is 3. The lowest BCUT2D eigenvalue weighted by molar-refractivity contribution is 0.0398. The number of benzene rings is 2. The summed E-state index contributed by atoms with van der Waals surface area (Å²) >= 11 is 0. The van der Waals surface area contributed by atoms with Crippen molar-refractivity contribution in [2.24, 2.45) is 0 Å². The van der Waals surface area contributed by atoms with Gasteiger partial charge >= 0.3 is 0 Å². The largest absolute Gasteiger partial charge is 0.394 e. The minimum absolute atomic E-state index is 0. The number of hydrogen-bond donors (Lipinski definition) is 2. The van der Waals surface area contributed by atoms with E-state index in [9.17, 15) is 9.90 Å². The molecule has 1 aliphatic carbocycles. The molecular formula is C22H25ClN4O3. The van der Waals surface area contributed by atoms with Gasteiger partial charge < -0.3 is 15.2 Å². The summed E-state index contributed by atoms with van der Waals surface area (Å²) in [5.41, 5.74) is 4.76. The van der Waals surface area contributed by atoms with Crippen LogP contribution in [0.4, 0.5) is 5.69 Å². The zero-order chi connectivity index (χ0) is 19.8. The molecule has 2 N–H and O–H groups in total. The van der Waals surface area contributed by atoms with E-state index in [1.807, 2.05) is 36.4 Å². The number of carbonyl (C=O) groups excluding carboxylic acids is 1. The van der Waals surface area contributed by atoms with Crippen molar-refractivity contribution in [1.29, 1.82) is 0 Å². The molecule has 2 aliphatic rings. The number of halogens is 1. The van der Waals surface area contributed by atoms with Crippen LogP contribution in [-0.2, 0) is 11.3 Å². The van der Waals surface area contributed by atoms with Gasteiger partial charge in [0.25, 0.3) is 0 Å². The lowest BCUT2D eigenvalue weighted by Gasteiger charge is -2.27. The highest BCUT2D eigenvalue weighted by molar-refractivity contribution is 6.27. The summed E-state index contributed by atoms with van der Waals surface area (Å²) in [6.07, 6.45) is 0. The van der Waals surface area contributed by atoms with E-state index < -0.39 is 0 Å². The van der Waals surface area contributed by atoms with Gasteiger partial charge in [-0.05, 0) is 12.1 Å². The minimum atomic E-state index is 0. The number of anilines is 1. The van der Waals surface area contributed by atoms with Gasteiger partial charge in [-0.1, -0.05) is 24.3 Å². The van der Waals surface area contributed by atoms with Crippen LogP contribution in [0.15, 0.2) is 36.4 Å². The average Bonchev–Trinajstić information content (AvgIpc) is 3.12. The number of nitrogens with one attached hydrogen (secondary N) is 1. The van der Waals surface area contributed by atoms with E-state index in [0.29, 0.717) is 17.7 Å². The van der Waals surface area contributed by atoms with Gasteiger partial charge in [-0.3, -0.25) is 14.4 Å². The van der Waals surface area contributed by atoms with E-state index in [1.54, 1.807) is 4.68 Å². The number of hydrogen-bond acceptors (Lipinski definition) is 6. The van der Waals surface area contributed by atoms with Crippen molar-refractivity contribution in [1.82, 2.24) is 14.7 Å². The normalized spacial score (nSPS) is 15.7. The fourth-order valence-corrected chi connectivity index (χ4v) is 4.30. The molecule has 2 heterocycles.